The number of piperidine rings is 1. The summed E-state index contributed by atoms with van der Waals surface area (Å²) in [6, 6.07) is 0.634. The summed E-state index contributed by atoms with van der Waals surface area (Å²) in [7, 11) is 1.84. The molecule has 1 saturated heterocycles. The highest BCUT2D eigenvalue weighted by molar-refractivity contribution is 5.75. The summed E-state index contributed by atoms with van der Waals surface area (Å²) in [5, 5.41) is 3.08. The van der Waals surface area contributed by atoms with E-state index in [0.717, 1.165) is 24.9 Å². The van der Waals surface area contributed by atoms with E-state index in [0.29, 0.717) is 6.61 Å². The van der Waals surface area contributed by atoms with Crippen molar-refractivity contribution in [3.8, 4) is 0 Å². The number of fused-ring (bicyclic) bond motifs is 1. The Hall–Kier alpha value is -0.610. The fraction of sp³-hybridized carbons (Fsp3) is 0.933. The third-order valence-electron chi connectivity index (χ3n) is 4.73. The number of likely N-dealkylation sites (tertiary alicyclic amines) is 1. The Balaban J connectivity index is 1.81. The standard InChI is InChI=1S/C15H28N2O2/c1-3-19-15(18)13(16-2)9-11-17-10-5-7-12-6-4-8-14(12)17/h12-14,16H,3-11H2,1-2H3. The fourth-order valence-corrected chi connectivity index (χ4v) is 3.75. The van der Waals surface area contributed by atoms with E-state index < -0.39 is 0 Å². The molecule has 1 heterocycles. The maximum atomic E-state index is 11.8. The third kappa shape index (κ3) is 3.69. The lowest BCUT2D eigenvalue weighted by Crippen LogP contribution is -2.46. The van der Waals surface area contributed by atoms with Crippen molar-refractivity contribution in [2.24, 2.45) is 5.92 Å². The Bertz CT molecular complexity index is 296. The predicted molar refractivity (Wildman–Crippen MR) is 76.0 cm³/mol. The van der Waals surface area contributed by atoms with Crippen LogP contribution in [0.2, 0.25) is 0 Å². The molecule has 19 heavy (non-hydrogen) atoms. The Morgan fingerprint density at radius 3 is 2.89 bits per heavy atom. The van der Waals surface area contributed by atoms with E-state index in [9.17, 15) is 4.79 Å². The van der Waals surface area contributed by atoms with Gasteiger partial charge >= 0.3 is 5.97 Å². The normalized spacial score (nSPS) is 28.9. The van der Waals surface area contributed by atoms with Crippen molar-refractivity contribution >= 4 is 5.97 Å². The van der Waals surface area contributed by atoms with Crippen molar-refractivity contribution in [2.45, 2.75) is 57.5 Å². The predicted octanol–water partition coefficient (Wildman–Crippen LogP) is 1.79. The number of nitrogens with zero attached hydrogens (tertiary/aromatic N) is 1. The van der Waals surface area contributed by atoms with Crippen LogP contribution in [0.25, 0.3) is 0 Å². The van der Waals surface area contributed by atoms with Gasteiger partial charge in [-0.15, -0.1) is 0 Å². The Morgan fingerprint density at radius 1 is 1.37 bits per heavy atom. The molecular formula is C15H28N2O2. The molecule has 2 fully saturated rings. The van der Waals surface area contributed by atoms with Crippen molar-refractivity contribution in [1.29, 1.82) is 0 Å². The zero-order chi connectivity index (χ0) is 13.7. The minimum atomic E-state index is -0.151. The summed E-state index contributed by atoms with van der Waals surface area (Å²) in [4.78, 5) is 14.4. The second-order valence-corrected chi connectivity index (χ2v) is 5.82. The second-order valence-electron chi connectivity index (χ2n) is 5.82. The molecule has 3 atom stereocenters. The topological polar surface area (TPSA) is 41.6 Å². The number of carbonyl (C=O) groups excluding carboxylic acids is 1. The second kappa shape index (κ2) is 7.25. The number of esters is 1. The molecule has 0 aromatic rings. The van der Waals surface area contributed by atoms with Crippen LogP contribution in [0.1, 0.15) is 45.4 Å². The lowest BCUT2D eigenvalue weighted by Gasteiger charge is -2.38. The lowest BCUT2D eigenvalue weighted by molar-refractivity contribution is -0.145. The minimum absolute atomic E-state index is 0.106. The number of ether oxygens (including phenoxy) is 1. The highest BCUT2D eigenvalue weighted by atomic mass is 16.5. The van der Waals surface area contributed by atoms with Crippen LogP contribution in [0.5, 0.6) is 0 Å². The number of rotatable bonds is 6. The summed E-state index contributed by atoms with van der Waals surface area (Å²) in [6.07, 6.45) is 7.75. The van der Waals surface area contributed by atoms with E-state index in [-0.39, 0.29) is 12.0 Å². The van der Waals surface area contributed by atoms with Gasteiger partial charge in [-0.05, 0) is 58.5 Å². The SMILES string of the molecule is CCOC(=O)C(CCN1CCCC2CCCC21)NC. The van der Waals surface area contributed by atoms with Gasteiger partial charge in [0.1, 0.15) is 6.04 Å². The van der Waals surface area contributed by atoms with Crippen LogP contribution < -0.4 is 5.32 Å². The number of nitrogens with one attached hydrogen (secondary N) is 1. The zero-order valence-corrected chi connectivity index (χ0v) is 12.4. The third-order valence-corrected chi connectivity index (χ3v) is 4.73. The average Bonchev–Trinajstić information content (AvgIpc) is 2.88. The van der Waals surface area contributed by atoms with Crippen LogP contribution in [-0.2, 0) is 9.53 Å². The molecule has 0 amide bonds. The number of hydrogen-bond donors (Lipinski definition) is 1. The van der Waals surface area contributed by atoms with E-state index in [1.165, 1.54) is 38.6 Å². The van der Waals surface area contributed by atoms with Crippen LogP contribution in [0.4, 0.5) is 0 Å². The van der Waals surface area contributed by atoms with Gasteiger partial charge in [0.05, 0.1) is 6.61 Å². The Kier molecular flexibility index (Phi) is 5.64. The zero-order valence-electron chi connectivity index (χ0n) is 12.4. The van der Waals surface area contributed by atoms with Gasteiger partial charge in [-0.3, -0.25) is 4.79 Å². The molecule has 2 aliphatic rings. The number of carbonyl (C=O) groups is 1. The first-order chi connectivity index (χ1) is 9.26. The summed E-state index contributed by atoms with van der Waals surface area (Å²) < 4.78 is 5.10. The van der Waals surface area contributed by atoms with Crippen LogP contribution in [0, 0.1) is 5.92 Å². The molecule has 0 bridgehead atoms. The average molecular weight is 268 g/mol. The molecule has 0 aromatic heterocycles. The largest absolute Gasteiger partial charge is 0.465 e. The van der Waals surface area contributed by atoms with Gasteiger partial charge in [-0.25, -0.2) is 0 Å². The van der Waals surface area contributed by atoms with Crippen molar-refractivity contribution in [3.63, 3.8) is 0 Å². The van der Waals surface area contributed by atoms with Crippen molar-refractivity contribution in [3.05, 3.63) is 0 Å². The molecule has 1 aliphatic heterocycles. The van der Waals surface area contributed by atoms with Crippen LogP contribution >= 0.6 is 0 Å². The fourth-order valence-electron chi connectivity index (χ4n) is 3.75. The number of hydrogen-bond acceptors (Lipinski definition) is 4. The van der Waals surface area contributed by atoms with Crippen LogP contribution in [0.3, 0.4) is 0 Å². The number of likely N-dealkylation sites (N-methyl/N-ethyl adjacent to an activating group) is 1. The molecule has 4 heteroatoms. The summed E-state index contributed by atoms with van der Waals surface area (Å²) >= 11 is 0. The highest BCUT2D eigenvalue weighted by Crippen LogP contribution is 2.36. The van der Waals surface area contributed by atoms with Gasteiger partial charge in [-0.2, -0.15) is 0 Å². The minimum Gasteiger partial charge on any atom is -0.465 e. The molecule has 2 rings (SSSR count). The van der Waals surface area contributed by atoms with Crippen molar-refractivity contribution in [1.82, 2.24) is 10.2 Å². The van der Waals surface area contributed by atoms with Gasteiger partial charge in [0.25, 0.3) is 0 Å². The maximum Gasteiger partial charge on any atom is 0.323 e. The first kappa shape index (κ1) is 14.8. The lowest BCUT2D eigenvalue weighted by atomic mass is 9.91. The van der Waals surface area contributed by atoms with E-state index in [1.807, 2.05) is 14.0 Å². The van der Waals surface area contributed by atoms with Crippen LogP contribution in [-0.4, -0.2) is 49.7 Å². The molecule has 0 aromatic carbocycles. The van der Waals surface area contributed by atoms with E-state index in [1.54, 1.807) is 0 Å². The molecule has 0 spiro atoms. The monoisotopic (exact) mass is 268 g/mol. The van der Waals surface area contributed by atoms with Gasteiger partial charge in [0.15, 0.2) is 0 Å². The molecule has 4 nitrogen and oxygen atoms in total. The van der Waals surface area contributed by atoms with E-state index >= 15 is 0 Å². The smallest absolute Gasteiger partial charge is 0.323 e. The first-order valence-electron chi connectivity index (χ1n) is 7.84. The van der Waals surface area contributed by atoms with E-state index in [4.69, 9.17) is 4.74 Å². The molecule has 3 unspecified atom stereocenters. The van der Waals surface area contributed by atoms with E-state index in [2.05, 4.69) is 10.2 Å². The van der Waals surface area contributed by atoms with Gasteiger partial charge in [0, 0.05) is 12.6 Å². The molecule has 1 N–H and O–H groups in total. The van der Waals surface area contributed by atoms with Crippen molar-refractivity contribution in [2.75, 3.05) is 26.7 Å². The highest BCUT2D eigenvalue weighted by Gasteiger charge is 2.35. The maximum absolute atomic E-state index is 11.8. The molecular weight excluding hydrogens is 240 g/mol. The molecule has 110 valence electrons. The van der Waals surface area contributed by atoms with Gasteiger partial charge < -0.3 is 15.0 Å². The van der Waals surface area contributed by atoms with Gasteiger partial charge in [-0.1, -0.05) is 6.42 Å². The summed E-state index contributed by atoms with van der Waals surface area (Å²) in [5.74, 6) is 0.814. The quantitative estimate of drug-likeness (QED) is 0.746. The van der Waals surface area contributed by atoms with Crippen LogP contribution in [0.15, 0.2) is 0 Å². The van der Waals surface area contributed by atoms with Gasteiger partial charge in [0.2, 0.25) is 0 Å². The summed E-state index contributed by atoms with van der Waals surface area (Å²) in [5.41, 5.74) is 0. The van der Waals surface area contributed by atoms with Crippen molar-refractivity contribution < 1.29 is 9.53 Å². The first-order valence-corrected chi connectivity index (χ1v) is 7.84. The molecule has 1 aliphatic carbocycles. The molecule has 1 saturated carbocycles. The Morgan fingerprint density at radius 2 is 2.16 bits per heavy atom. The Labute approximate surface area is 116 Å². The molecule has 0 radical (unpaired) electrons. The summed E-state index contributed by atoms with van der Waals surface area (Å²) in [6.45, 7) is 4.55.